The fraction of sp³-hybridized carbons (Fsp3) is 0.0455. The van der Waals surface area contributed by atoms with Gasteiger partial charge in [0.05, 0.1) is 22.8 Å². The third-order valence-corrected chi connectivity index (χ3v) is 4.43. The smallest absolute Gasteiger partial charge is 0.338 e. The van der Waals surface area contributed by atoms with Gasteiger partial charge in [-0.3, -0.25) is 4.79 Å². The molecule has 2 N–H and O–H groups in total. The van der Waals surface area contributed by atoms with Crippen LogP contribution in [0.25, 0.3) is 22.4 Å². The van der Waals surface area contributed by atoms with E-state index >= 15 is 0 Å². The van der Waals surface area contributed by atoms with Crippen molar-refractivity contribution in [2.45, 2.75) is 6.18 Å². The van der Waals surface area contributed by atoms with Crippen molar-refractivity contribution in [3.63, 3.8) is 0 Å². The molecule has 0 aliphatic heterocycles. The minimum absolute atomic E-state index is 0.388. The summed E-state index contributed by atoms with van der Waals surface area (Å²) in [5.41, 5.74) is 5.04. The molecule has 0 radical (unpaired) electrons. The van der Waals surface area contributed by atoms with Crippen molar-refractivity contribution in [2.75, 3.05) is 0 Å². The lowest BCUT2D eigenvalue weighted by Gasteiger charge is -2.05. The standard InChI is InChI=1S/C22H15F3N4O/c23-22(24,25)17-11-5-14(6-12-17)13-26-29-21(30)16-9-7-15(8-10-16)20-27-18-3-1-2-4-19(18)28-20/h1-13H,(H,27,28)(H,29,30)/b26-13+. The summed E-state index contributed by atoms with van der Waals surface area (Å²) in [6.45, 7) is 0. The van der Waals surface area contributed by atoms with Gasteiger partial charge in [-0.25, -0.2) is 10.4 Å². The lowest BCUT2D eigenvalue weighted by atomic mass is 10.1. The number of amides is 1. The number of hydrogen-bond acceptors (Lipinski definition) is 3. The molecule has 4 rings (SSSR count). The van der Waals surface area contributed by atoms with Crippen LogP contribution in [-0.2, 0) is 6.18 Å². The summed E-state index contributed by atoms with van der Waals surface area (Å²) in [7, 11) is 0. The molecular formula is C22H15F3N4O. The number of aromatic nitrogens is 2. The normalized spacial score (nSPS) is 11.8. The number of imidazole rings is 1. The molecule has 3 aromatic carbocycles. The Kier molecular flexibility index (Phi) is 5.05. The molecule has 0 unspecified atom stereocenters. The molecule has 4 aromatic rings. The quantitative estimate of drug-likeness (QED) is 0.368. The van der Waals surface area contributed by atoms with Gasteiger partial charge in [-0.15, -0.1) is 0 Å². The summed E-state index contributed by atoms with van der Waals surface area (Å²) in [6.07, 6.45) is -3.11. The summed E-state index contributed by atoms with van der Waals surface area (Å²) >= 11 is 0. The number of halogens is 3. The van der Waals surface area contributed by atoms with Gasteiger partial charge in [0.1, 0.15) is 5.82 Å². The third kappa shape index (κ3) is 4.22. The topological polar surface area (TPSA) is 70.1 Å². The maximum Gasteiger partial charge on any atom is 0.416 e. The Morgan fingerprint density at radius 3 is 2.33 bits per heavy atom. The summed E-state index contributed by atoms with van der Waals surface area (Å²) in [6, 6.07) is 19.0. The predicted octanol–water partition coefficient (Wildman–Crippen LogP) is 5.01. The third-order valence-electron chi connectivity index (χ3n) is 4.43. The highest BCUT2D eigenvalue weighted by atomic mass is 19.4. The number of aromatic amines is 1. The first kappa shape index (κ1) is 19.4. The molecule has 1 amide bonds. The lowest BCUT2D eigenvalue weighted by Crippen LogP contribution is -2.17. The number of carbonyl (C=O) groups excluding carboxylic acids is 1. The number of nitrogens with zero attached hydrogens (tertiary/aromatic N) is 2. The number of benzene rings is 3. The van der Waals surface area contributed by atoms with Gasteiger partial charge < -0.3 is 4.98 Å². The van der Waals surface area contributed by atoms with Crippen LogP contribution in [0.5, 0.6) is 0 Å². The Bertz CT molecular complexity index is 1180. The fourth-order valence-electron chi connectivity index (χ4n) is 2.86. The molecule has 8 heteroatoms. The Hall–Kier alpha value is -3.94. The summed E-state index contributed by atoms with van der Waals surface area (Å²) in [4.78, 5) is 19.9. The number of nitrogens with one attached hydrogen (secondary N) is 2. The van der Waals surface area contributed by atoms with Crippen molar-refractivity contribution < 1.29 is 18.0 Å². The van der Waals surface area contributed by atoms with Crippen molar-refractivity contribution in [3.8, 4) is 11.4 Å². The molecule has 0 fully saturated rings. The number of hydrogen-bond donors (Lipinski definition) is 2. The molecular weight excluding hydrogens is 393 g/mol. The van der Waals surface area contributed by atoms with E-state index in [-0.39, 0.29) is 0 Å². The van der Waals surface area contributed by atoms with Gasteiger partial charge in [0, 0.05) is 11.1 Å². The second-order valence-corrected chi connectivity index (χ2v) is 6.50. The first-order chi connectivity index (χ1) is 14.4. The van der Waals surface area contributed by atoms with E-state index in [1.165, 1.54) is 18.3 Å². The second-order valence-electron chi connectivity index (χ2n) is 6.50. The van der Waals surface area contributed by atoms with Crippen molar-refractivity contribution in [2.24, 2.45) is 5.10 Å². The molecule has 0 atom stereocenters. The largest absolute Gasteiger partial charge is 0.416 e. The van der Waals surface area contributed by atoms with E-state index in [1.54, 1.807) is 24.3 Å². The van der Waals surface area contributed by atoms with Gasteiger partial charge in [0.15, 0.2) is 0 Å². The van der Waals surface area contributed by atoms with E-state index in [9.17, 15) is 18.0 Å². The molecule has 0 aliphatic rings. The summed E-state index contributed by atoms with van der Waals surface area (Å²) in [5, 5.41) is 3.79. The van der Waals surface area contributed by atoms with Crippen LogP contribution in [0.4, 0.5) is 13.2 Å². The van der Waals surface area contributed by atoms with Gasteiger partial charge in [-0.05, 0) is 42.0 Å². The molecule has 0 saturated heterocycles. The van der Waals surface area contributed by atoms with Crippen molar-refractivity contribution in [3.05, 3.63) is 89.5 Å². The Morgan fingerprint density at radius 1 is 0.967 bits per heavy atom. The number of fused-ring (bicyclic) bond motifs is 1. The highest BCUT2D eigenvalue weighted by Crippen LogP contribution is 2.28. The van der Waals surface area contributed by atoms with Crippen LogP contribution >= 0.6 is 0 Å². The zero-order valence-corrected chi connectivity index (χ0v) is 15.4. The molecule has 0 spiro atoms. The molecule has 0 saturated carbocycles. The van der Waals surface area contributed by atoms with Crippen LogP contribution in [0.15, 0.2) is 77.9 Å². The van der Waals surface area contributed by atoms with Crippen molar-refractivity contribution in [1.82, 2.24) is 15.4 Å². The van der Waals surface area contributed by atoms with E-state index in [2.05, 4.69) is 20.5 Å². The molecule has 150 valence electrons. The predicted molar refractivity (Wildman–Crippen MR) is 108 cm³/mol. The zero-order chi connectivity index (χ0) is 21.1. The number of carbonyl (C=O) groups is 1. The number of alkyl halides is 3. The Labute approximate surface area is 169 Å². The van der Waals surface area contributed by atoms with Crippen molar-refractivity contribution >= 4 is 23.2 Å². The molecule has 0 aliphatic carbocycles. The maximum atomic E-state index is 12.6. The minimum Gasteiger partial charge on any atom is -0.338 e. The SMILES string of the molecule is O=C(N/N=C/c1ccc(C(F)(F)F)cc1)c1ccc(-c2nc3ccccc3[nH]2)cc1. The second kappa shape index (κ2) is 7.82. The minimum atomic E-state index is -4.39. The van der Waals surface area contributed by atoms with Gasteiger partial charge >= 0.3 is 6.18 Å². The van der Waals surface area contributed by atoms with E-state index < -0.39 is 17.6 Å². The Balaban J connectivity index is 1.40. The monoisotopic (exact) mass is 408 g/mol. The zero-order valence-electron chi connectivity index (χ0n) is 15.4. The van der Waals surface area contributed by atoms with Gasteiger partial charge in [-0.1, -0.05) is 36.4 Å². The van der Waals surface area contributed by atoms with Gasteiger partial charge in [0.25, 0.3) is 5.91 Å². The Morgan fingerprint density at radius 2 is 1.67 bits per heavy atom. The molecule has 5 nitrogen and oxygen atoms in total. The number of para-hydroxylation sites is 2. The van der Waals surface area contributed by atoms with Crippen LogP contribution in [0.2, 0.25) is 0 Å². The highest BCUT2D eigenvalue weighted by molar-refractivity contribution is 5.95. The first-order valence-electron chi connectivity index (χ1n) is 8.96. The molecule has 1 aromatic heterocycles. The lowest BCUT2D eigenvalue weighted by molar-refractivity contribution is -0.137. The molecule has 0 bridgehead atoms. The van der Waals surface area contributed by atoms with E-state index in [0.717, 1.165) is 28.7 Å². The van der Waals surface area contributed by atoms with Crippen LogP contribution in [0, 0.1) is 0 Å². The number of rotatable bonds is 4. The number of H-pyrrole nitrogens is 1. The molecule has 30 heavy (non-hydrogen) atoms. The first-order valence-corrected chi connectivity index (χ1v) is 8.96. The van der Waals surface area contributed by atoms with E-state index in [1.807, 2.05) is 24.3 Å². The van der Waals surface area contributed by atoms with Crippen LogP contribution in [-0.4, -0.2) is 22.1 Å². The highest BCUT2D eigenvalue weighted by Gasteiger charge is 2.29. The van der Waals surface area contributed by atoms with Gasteiger partial charge in [0.2, 0.25) is 0 Å². The fourth-order valence-corrected chi connectivity index (χ4v) is 2.86. The summed E-state index contributed by atoms with van der Waals surface area (Å²) in [5.74, 6) is 0.262. The number of hydrazone groups is 1. The van der Waals surface area contributed by atoms with E-state index in [0.29, 0.717) is 17.0 Å². The van der Waals surface area contributed by atoms with Crippen LogP contribution < -0.4 is 5.43 Å². The van der Waals surface area contributed by atoms with Crippen LogP contribution in [0.1, 0.15) is 21.5 Å². The maximum absolute atomic E-state index is 12.6. The van der Waals surface area contributed by atoms with Gasteiger partial charge in [-0.2, -0.15) is 18.3 Å². The van der Waals surface area contributed by atoms with Crippen LogP contribution in [0.3, 0.4) is 0 Å². The molecule has 1 heterocycles. The van der Waals surface area contributed by atoms with Crippen molar-refractivity contribution in [1.29, 1.82) is 0 Å². The van der Waals surface area contributed by atoms with E-state index in [4.69, 9.17) is 0 Å². The average molecular weight is 408 g/mol. The summed E-state index contributed by atoms with van der Waals surface area (Å²) < 4.78 is 37.7. The average Bonchev–Trinajstić information content (AvgIpc) is 3.18.